The van der Waals surface area contributed by atoms with Crippen LogP contribution in [0.15, 0.2) is 12.7 Å². The molecule has 1 saturated carbocycles. The summed E-state index contributed by atoms with van der Waals surface area (Å²) in [6.07, 6.45) is 11.4. The van der Waals surface area contributed by atoms with E-state index >= 15 is 0 Å². The van der Waals surface area contributed by atoms with Gasteiger partial charge in [-0.05, 0) is 32.1 Å². The topological polar surface area (TPSA) is 32.3 Å². The summed E-state index contributed by atoms with van der Waals surface area (Å²) in [5.74, 6) is 0. The van der Waals surface area contributed by atoms with Crippen LogP contribution in [-0.2, 0) is 0 Å². The van der Waals surface area contributed by atoms with Gasteiger partial charge in [-0.2, -0.15) is 0 Å². The van der Waals surface area contributed by atoms with Crippen LogP contribution in [0.4, 0.5) is 0 Å². The van der Waals surface area contributed by atoms with E-state index in [-0.39, 0.29) is 5.54 Å². The lowest BCUT2D eigenvalue weighted by molar-refractivity contribution is 0.146. The fourth-order valence-electron chi connectivity index (χ4n) is 2.79. The van der Waals surface area contributed by atoms with Crippen molar-refractivity contribution in [1.29, 1.82) is 0 Å². The minimum absolute atomic E-state index is 0.0288. The molecule has 0 heterocycles. The minimum Gasteiger partial charge on any atom is -0.394 e. The second-order valence-corrected chi connectivity index (χ2v) is 5.14. The molecule has 2 heteroatoms. The molecule has 94 valence electrons. The normalized spacial score (nSPS) is 20.9. The number of aliphatic hydroxyl groups is 1. The van der Waals surface area contributed by atoms with Gasteiger partial charge in [-0.15, -0.1) is 6.58 Å². The van der Waals surface area contributed by atoms with E-state index in [4.69, 9.17) is 0 Å². The van der Waals surface area contributed by atoms with Crippen LogP contribution in [0, 0.1) is 0 Å². The number of allylic oxidation sites excluding steroid dienone is 1. The monoisotopic (exact) mass is 225 g/mol. The smallest absolute Gasteiger partial charge is 0.0613 e. The maximum atomic E-state index is 9.58. The number of hydrogen-bond donors (Lipinski definition) is 2. The molecular weight excluding hydrogens is 198 g/mol. The third-order valence-corrected chi connectivity index (χ3v) is 3.73. The van der Waals surface area contributed by atoms with E-state index in [1.54, 1.807) is 0 Å². The molecule has 1 rings (SSSR count). The molecule has 2 nitrogen and oxygen atoms in total. The molecule has 1 aliphatic rings. The second-order valence-electron chi connectivity index (χ2n) is 5.14. The van der Waals surface area contributed by atoms with E-state index in [1.165, 1.54) is 25.7 Å². The quantitative estimate of drug-likeness (QED) is 0.622. The molecule has 0 amide bonds. The predicted molar refractivity (Wildman–Crippen MR) is 69.5 cm³/mol. The first-order valence-corrected chi connectivity index (χ1v) is 6.76. The summed E-state index contributed by atoms with van der Waals surface area (Å²) in [6.45, 7) is 6.30. The molecule has 1 fully saturated rings. The molecule has 1 unspecified atom stereocenters. The van der Waals surface area contributed by atoms with Crippen molar-refractivity contribution in [2.75, 3.05) is 6.61 Å². The average molecular weight is 225 g/mol. The van der Waals surface area contributed by atoms with Crippen molar-refractivity contribution in [1.82, 2.24) is 5.32 Å². The van der Waals surface area contributed by atoms with Crippen LogP contribution in [0.3, 0.4) is 0 Å². The summed E-state index contributed by atoms with van der Waals surface area (Å²) < 4.78 is 0. The van der Waals surface area contributed by atoms with E-state index in [2.05, 4.69) is 18.8 Å². The van der Waals surface area contributed by atoms with Crippen LogP contribution >= 0.6 is 0 Å². The van der Waals surface area contributed by atoms with Crippen LogP contribution in [-0.4, -0.2) is 23.3 Å². The summed E-state index contributed by atoms with van der Waals surface area (Å²) in [5.41, 5.74) is 0.0288. The predicted octanol–water partition coefficient (Wildman–Crippen LogP) is 3.02. The highest BCUT2D eigenvalue weighted by Gasteiger charge is 2.34. The summed E-state index contributed by atoms with van der Waals surface area (Å²) >= 11 is 0. The Morgan fingerprint density at radius 1 is 1.38 bits per heavy atom. The first-order valence-electron chi connectivity index (χ1n) is 6.76. The summed E-state index contributed by atoms with van der Waals surface area (Å²) in [7, 11) is 0. The molecule has 0 aromatic rings. The van der Waals surface area contributed by atoms with E-state index in [1.807, 2.05) is 6.08 Å². The van der Waals surface area contributed by atoms with Crippen LogP contribution in [0.5, 0.6) is 0 Å². The van der Waals surface area contributed by atoms with Crippen molar-refractivity contribution in [2.24, 2.45) is 0 Å². The zero-order valence-electron chi connectivity index (χ0n) is 10.7. The van der Waals surface area contributed by atoms with Gasteiger partial charge in [0.1, 0.15) is 0 Å². The largest absolute Gasteiger partial charge is 0.394 e. The van der Waals surface area contributed by atoms with Gasteiger partial charge in [-0.25, -0.2) is 0 Å². The fourth-order valence-corrected chi connectivity index (χ4v) is 2.79. The van der Waals surface area contributed by atoms with Crippen molar-refractivity contribution < 1.29 is 5.11 Å². The molecule has 0 bridgehead atoms. The lowest BCUT2D eigenvalue weighted by Crippen LogP contribution is -2.51. The lowest BCUT2D eigenvalue weighted by Gasteiger charge is -2.33. The van der Waals surface area contributed by atoms with Crippen molar-refractivity contribution >= 4 is 0 Å². The van der Waals surface area contributed by atoms with E-state index < -0.39 is 0 Å². The van der Waals surface area contributed by atoms with Crippen LogP contribution in [0.1, 0.15) is 58.3 Å². The lowest BCUT2D eigenvalue weighted by atomic mass is 9.95. The molecule has 0 aliphatic heterocycles. The zero-order valence-corrected chi connectivity index (χ0v) is 10.7. The van der Waals surface area contributed by atoms with E-state index in [0.29, 0.717) is 12.6 Å². The highest BCUT2D eigenvalue weighted by Crippen LogP contribution is 2.30. The zero-order chi connectivity index (χ0) is 11.9. The molecule has 0 aromatic carbocycles. The van der Waals surface area contributed by atoms with Crippen LogP contribution in [0.2, 0.25) is 0 Å². The molecule has 2 N–H and O–H groups in total. The Morgan fingerprint density at radius 2 is 2.06 bits per heavy atom. The molecular formula is C14H27NO. The Balaban J connectivity index is 2.47. The molecule has 0 saturated heterocycles. The highest BCUT2D eigenvalue weighted by molar-refractivity contribution is 4.94. The average Bonchev–Trinajstić information content (AvgIpc) is 2.75. The van der Waals surface area contributed by atoms with Crippen molar-refractivity contribution in [2.45, 2.75) is 69.9 Å². The van der Waals surface area contributed by atoms with E-state index in [0.717, 1.165) is 25.7 Å². The van der Waals surface area contributed by atoms with Gasteiger partial charge in [-0.3, -0.25) is 0 Å². The molecule has 0 radical (unpaired) electrons. The van der Waals surface area contributed by atoms with Gasteiger partial charge < -0.3 is 10.4 Å². The SMILES string of the molecule is C=CCCC(CCC)NC1(CO)CCCC1. The minimum atomic E-state index is 0.0288. The van der Waals surface area contributed by atoms with Crippen molar-refractivity contribution in [3.05, 3.63) is 12.7 Å². The molecule has 0 spiro atoms. The Bertz CT molecular complexity index is 197. The molecule has 1 aliphatic carbocycles. The molecule has 1 atom stereocenters. The van der Waals surface area contributed by atoms with Gasteiger partial charge in [0.2, 0.25) is 0 Å². The number of aliphatic hydroxyl groups excluding tert-OH is 1. The third-order valence-electron chi connectivity index (χ3n) is 3.73. The second kappa shape index (κ2) is 7.08. The van der Waals surface area contributed by atoms with Gasteiger partial charge in [0.25, 0.3) is 0 Å². The molecule has 16 heavy (non-hydrogen) atoms. The standard InChI is InChI=1S/C14H27NO/c1-3-5-9-13(8-4-2)15-14(12-16)10-6-7-11-14/h3,13,15-16H,1,4-12H2,2H3. The Hall–Kier alpha value is -0.340. The summed E-state index contributed by atoms with van der Waals surface area (Å²) in [6, 6.07) is 0.549. The van der Waals surface area contributed by atoms with Gasteiger partial charge in [-0.1, -0.05) is 32.3 Å². The summed E-state index contributed by atoms with van der Waals surface area (Å²) in [5, 5.41) is 13.3. The highest BCUT2D eigenvalue weighted by atomic mass is 16.3. The van der Waals surface area contributed by atoms with Crippen LogP contribution in [0.25, 0.3) is 0 Å². The first-order chi connectivity index (χ1) is 7.76. The maximum absolute atomic E-state index is 9.58. The van der Waals surface area contributed by atoms with Gasteiger partial charge >= 0.3 is 0 Å². The van der Waals surface area contributed by atoms with E-state index in [9.17, 15) is 5.11 Å². The maximum Gasteiger partial charge on any atom is 0.0613 e. The molecule has 0 aromatic heterocycles. The van der Waals surface area contributed by atoms with Gasteiger partial charge in [0.05, 0.1) is 6.61 Å². The Kier molecular flexibility index (Phi) is 6.07. The summed E-state index contributed by atoms with van der Waals surface area (Å²) in [4.78, 5) is 0. The Morgan fingerprint density at radius 3 is 2.56 bits per heavy atom. The fraction of sp³-hybridized carbons (Fsp3) is 0.857. The third kappa shape index (κ3) is 3.91. The van der Waals surface area contributed by atoms with Crippen molar-refractivity contribution in [3.8, 4) is 0 Å². The van der Waals surface area contributed by atoms with Gasteiger partial charge in [0.15, 0.2) is 0 Å². The number of rotatable bonds is 8. The number of hydrogen-bond acceptors (Lipinski definition) is 2. The van der Waals surface area contributed by atoms with Crippen molar-refractivity contribution in [3.63, 3.8) is 0 Å². The number of nitrogens with one attached hydrogen (secondary N) is 1. The van der Waals surface area contributed by atoms with Crippen LogP contribution < -0.4 is 5.32 Å². The Labute approximate surface area is 100 Å². The first kappa shape index (κ1) is 13.7. The van der Waals surface area contributed by atoms with Gasteiger partial charge in [0, 0.05) is 11.6 Å².